The molecule has 0 atom stereocenters. The highest BCUT2D eigenvalue weighted by atomic mass is 19.1. The highest BCUT2D eigenvalue weighted by Gasteiger charge is 2.22. The van der Waals surface area contributed by atoms with Gasteiger partial charge in [-0.05, 0) is 42.8 Å². The number of carbonyl (C=O) groups excluding carboxylic acids is 1. The number of aromatic nitrogens is 2. The van der Waals surface area contributed by atoms with E-state index in [4.69, 9.17) is 0 Å². The van der Waals surface area contributed by atoms with Crippen LogP contribution in [0.5, 0.6) is 0 Å². The summed E-state index contributed by atoms with van der Waals surface area (Å²) in [5, 5.41) is 0. The van der Waals surface area contributed by atoms with Crippen molar-refractivity contribution >= 4 is 16.9 Å². The van der Waals surface area contributed by atoms with Gasteiger partial charge in [-0.2, -0.15) is 0 Å². The van der Waals surface area contributed by atoms with Gasteiger partial charge in [-0.15, -0.1) is 6.58 Å². The average molecular weight is 387 g/mol. The van der Waals surface area contributed by atoms with E-state index in [1.165, 1.54) is 23.1 Å². The minimum absolute atomic E-state index is 0.0527. The first-order valence-corrected chi connectivity index (χ1v) is 8.94. The van der Waals surface area contributed by atoms with Gasteiger partial charge in [0.05, 0.1) is 23.1 Å². The van der Waals surface area contributed by atoms with Crippen LogP contribution >= 0.6 is 0 Å². The molecule has 146 valence electrons. The second-order valence-electron chi connectivity index (χ2n) is 6.41. The molecule has 0 unspecified atom stereocenters. The molecule has 1 heterocycles. The topological polar surface area (TPSA) is 38.1 Å². The average Bonchev–Trinajstić information content (AvgIpc) is 3.00. The Kier molecular flexibility index (Phi) is 5.82. The summed E-state index contributed by atoms with van der Waals surface area (Å²) in [5.74, 6) is -2.01. The molecule has 0 radical (unpaired) electrons. The first-order chi connectivity index (χ1) is 13.4. The summed E-state index contributed by atoms with van der Waals surface area (Å²) in [4.78, 5) is 18.7. The summed E-state index contributed by atoms with van der Waals surface area (Å²) in [6.07, 6.45) is 2.28. The Morgan fingerprint density at radius 2 is 1.89 bits per heavy atom. The van der Waals surface area contributed by atoms with Crippen molar-refractivity contribution in [2.45, 2.75) is 26.4 Å². The molecule has 0 spiro atoms. The van der Waals surface area contributed by atoms with Gasteiger partial charge in [0.15, 0.2) is 0 Å². The van der Waals surface area contributed by atoms with Crippen LogP contribution in [-0.2, 0) is 13.1 Å². The van der Waals surface area contributed by atoms with E-state index in [0.717, 1.165) is 24.6 Å². The van der Waals surface area contributed by atoms with Crippen molar-refractivity contribution in [2.75, 3.05) is 6.54 Å². The molecule has 0 aliphatic carbocycles. The van der Waals surface area contributed by atoms with Crippen LogP contribution in [0.15, 0.2) is 49.1 Å². The molecule has 7 heteroatoms. The van der Waals surface area contributed by atoms with Crippen molar-refractivity contribution in [3.63, 3.8) is 0 Å². The fourth-order valence-electron chi connectivity index (χ4n) is 3.12. The Morgan fingerprint density at radius 1 is 1.18 bits per heavy atom. The van der Waals surface area contributed by atoms with Crippen molar-refractivity contribution in [3.8, 4) is 0 Å². The summed E-state index contributed by atoms with van der Waals surface area (Å²) in [7, 11) is 0. The zero-order valence-electron chi connectivity index (χ0n) is 15.5. The highest BCUT2D eigenvalue weighted by Crippen LogP contribution is 2.21. The van der Waals surface area contributed by atoms with Crippen LogP contribution in [-0.4, -0.2) is 26.9 Å². The van der Waals surface area contributed by atoms with Crippen LogP contribution in [0.1, 0.15) is 29.5 Å². The maximum absolute atomic E-state index is 14.1. The van der Waals surface area contributed by atoms with Gasteiger partial charge >= 0.3 is 0 Å². The van der Waals surface area contributed by atoms with Gasteiger partial charge < -0.3 is 9.47 Å². The number of imidazole rings is 1. The lowest BCUT2D eigenvalue weighted by Crippen LogP contribution is -2.32. The number of carbonyl (C=O) groups is 1. The Bertz CT molecular complexity index is 1030. The van der Waals surface area contributed by atoms with Crippen molar-refractivity contribution in [1.82, 2.24) is 14.5 Å². The lowest BCUT2D eigenvalue weighted by molar-refractivity contribution is 0.0752. The molecular formula is C21H20F3N3O. The number of hydrogen-bond acceptors (Lipinski definition) is 2. The van der Waals surface area contributed by atoms with Crippen LogP contribution in [0, 0.1) is 17.5 Å². The molecule has 0 fully saturated rings. The second kappa shape index (κ2) is 8.29. The monoisotopic (exact) mass is 387 g/mol. The van der Waals surface area contributed by atoms with Crippen LogP contribution < -0.4 is 0 Å². The number of nitrogens with zero attached hydrogens (tertiary/aromatic N) is 3. The van der Waals surface area contributed by atoms with E-state index in [-0.39, 0.29) is 24.5 Å². The lowest BCUT2D eigenvalue weighted by Gasteiger charge is -2.22. The molecule has 0 bridgehead atoms. The minimum Gasteiger partial charge on any atom is -0.327 e. The summed E-state index contributed by atoms with van der Waals surface area (Å²) in [6, 6.07) is 7.05. The van der Waals surface area contributed by atoms with Crippen LogP contribution in [0.25, 0.3) is 11.0 Å². The number of benzene rings is 2. The SMILES string of the molecule is C=CCN(Cc1nc2ccc(F)cc2n1CCC)C(=O)c1cc(F)ccc1F. The van der Waals surface area contributed by atoms with Gasteiger partial charge in [-0.3, -0.25) is 4.79 Å². The van der Waals surface area contributed by atoms with Crippen molar-refractivity contribution in [2.24, 2.45) is 0 Å². The van der Waals surface area contributed by atoms with Gasteiger partial charge in [-0.25, -0.2) is 18.2 Å². The fraction of sp³-hybridized carbons (Fsp3) is 0.238. The normalized spacial score (nSPS) is 11.0. The molecule has 1 amide bonds. The highest BCUT2D eigenvalue weighted by molar-refractivity contribution is 5.94. The van der Waals surface area contributed by atoms with E-state index < -0.39 is 17.5 Å². The smallest absolute Gasteiger partial charge is 0.257 e. The van der Waals surface area contributed by atoms with Gasteiger partial charge in [0.2, 0.25) is 0 Å². The summed E-state index contributed by atoms with van der Waals surface area (Å²) >= 11 is 0. The standard InChI is InChI=1S/C21H20F3N3O/c1-3-9-26(21(28)16-11-14(22)5-7-17(16)24)13-20-25-18-8-6-15(23)12-19(18)27(20)10-4-2/h3,5-8,11-12H,1,4,9-10,13H2,2H3. The van der Waals surface area contributed by atoms with E-state index in [1.54, 1.807) is 6.07 Å². The van der Waals surface area contributed by atoms with Crippen LogP contribution in [0.2, 0.25) is 0 Å². The van der Waals surface area contributed by atoms with E-state index in [0.29, 0.717) is 23.4 Å². The number of fused-ring (bicyclic) bond motifs is 1. The maximum atomic E-state index is 14.1. The number of rotatable bonds is 7. The number of aryl methyl sites for hydroxylation is 1. The Balaban J connectivity index is 2.00. The third-order valence-electron chi connectivity index (χ3n) is 4.36. The molecule has 1 aromatic heterocycles. The molecule has 2 aromatic carbocycles. The number of hydrogen-bond donors (Lipinski definition) is 0. The Morgan fingerprint density at radius 3 is 2.61 bits per heavy atom. The largest absolute Gasteiger partial charge is 0.327 e. The fourth-order valence-corrected chi connectivity index (χ4v) is 3.12. The summed E-state index contributed by atoms with van der Waals surface area (Å²) in [5.41, 5.74) is 0.874. The molecule has 0 aliphatic rings. The number of halogens is 3. The zero-order valence-corrected chi connectivity index (χ0v) is 15.5. The molecule has 0 N–H and O–H groups in total. The molecule has 28 heavy (non-hydrogen) atoms. The van der Waals surface area contributed by atoms with Crippen LogP contribution in [0.3, 0.4) is 0 Å². The Labute approximate surface area is 160 Å². The van der Waals surface area contributed by atoms with E-state index in [2.05, 4.69) is 11.6 Å². The summed E-state index contributed by atoms with van der Waals surface area (Å²) in [6.45, 7) is 6.37. The predicted octanol–water partition coefficient (Wildman–Crippen LogP) is 4.69. The maximum Gasteiger partial charge on any atom is 0.257 e. The van der Waals surface area contributed by atoms with E-state index in [1.807, 2.05) is 11.5 Å². The van der Waals surface area contributed by atoms with Crippen molar-refractivity contribution in [3.05, 3.63) is 77.9 Å². The van der Waals surface area contributed by atoms with Gasteiger partial charge in [-0.1, -0.05) is 13.0 Å². The second-order valence-corrected chi connectivity index (χ2v) is 6.41. The van der Waals surface area contributed by atoms with Gasteiger partial charge in [0, 0.05) is 13.1 Å². The van der Waals surface area contributed by atoms with E-state index >= 15 is 0 Å². The molecule has 0 aliphatic heterocycles. The third kappa shape index (κ3) is 3.93. The Hall–Kier alpha value is -3.09. The van der Waals surface area contributed by atoms with Gasteiger partial charge in [0.25, 0.3) is 5.91 Å². The first-order valence-electron chi connectivity index (χ1n) is 8.94. The van der Waals surface area contributed by atoms with Crippen LogP contribution in [0.4, 0.5) is 13.2 Å². The third-order valence-corrected chi connectivity index (χ3v) is 4.36. The quantitative estimate of drug-likeness (QED) is 0.552. The van der Waals surface area contributed by atoms with Crippen molar-refractivity contribution in [1.29, 1.82) is 0 Å². The van der Waals surface area contributed by atoms with Gasteiger partial charge in [0.1, 0.15) is 23.3 Å². The molecule has 0 saturated carbocycles. The number of amides is 1. The molecule has 3 rings (SSSR count). The van der Waals surface area contributed by atoms with Crippen molar-refractivity contribution < 1.29 is 18.0 Å². The van der Waals surface area contributed by atoms with E-state index in [9.17, 15) is 18.0 Å². The lowest BCUT2D eigenvalue weighted by atomic mass is 10.1. The first kappa shape index (κ1) is 19.7. The summed E-state index contributed by atoms with van der Waals surface area (Å²) < 4.78 is 43.1. The molecule has 0 saturated heterocycles. The zero-order chi connectivity index (χ0) is 20.3. The minimum atomic E-state index is -0.801. The predicted molar refractivity (Wildman–Crippen MR) is 101 cm³/mol. The molecular weight excluding hydrogens is 367 g/mol. The molecule has 3 aromatic rings. The molecule has 4 nitrogen and oxygen atoms in total.